The van der Waals surface area contributed by atoms with Crippen molar-refractivity contribution in [1.29, 1.82) is 0 Å². The van der Waals surface area contributed by atoms with Crippen molar-refractivity contribution in [2.75, 3.05) is 33.2 Å². The Morgan fingerprint density at radius 1 is 1.40 bits per heavy atom. The number of likely N-dealkylation sites (N-methyl/N-ethyl adjacent to an activating group) is 1. The number of rotatable bonds is 2. The monoisotopic (exact) mass is 293 g/mol. The van der Waals surface area contributed by atoms with Gasteiger partial charge < -0.3 is 14.6 Å². The van der Waals surface area contributed by atoms with Gasteiger partial charge in [0.2, 0.25) is 5.60 Å². The maximum atomic E-state index is 12.7. The number of hydrogen-bond acceptors (Lipinski definition) is 5. The summed E-state index contributed by atoms with van der Waals surface area (Å²) >= 11 is 1.63. The van der Waals surface area contributed by atoms with Crippen molar-refractivity contribution < 1.29 is 9.63 Å². The van der Waals surface area contributed by atoms with Gasteiger partial charge in [0.15, 0.2) is 0 Å². The molecule has 1 amide bonds. The molecule has 0 saturated carbocycles. The zero-order chi connectivity index (χ0) is 14.2. The minimum atomic E-state index is -0.838. The van der Waals surface area contributed by atoms with Crippen molar-refractivity contribution in [1.82, 2.24) is 9.80 Å². The van der Waals surface area contributed by atoms with Crippen LogP contribution in [0.2, 0.25) is 0 Å². The van der Waals surface area contributed by atoms with Crippen molar-refractivity contribution in [3.05, 3.63) is 22.4 Å². The van der Waals surface area contributed by atoms with Gasteiger partial charge in [-0.1, -0.05) is 11.2 Å². The summed E-state index contributed by atoms with van der Waals surface area (Å²) in [6, 6.07) is 4.00. The summed E-state index contributed by atoms with van der Waals surface area (Å²) < 4.78 is 0. The molecule has 2 aliphatic rings. The molecule has 0 aliphatic carbocycles. The Morgan fingerprint density at radius 2 is 2.15 bits per heavy atom. The summed E-state index contributed by atoms with van der Waals surface area (Å²) in [5.74, 6) is 0.0564. The molecule has 1 aromatic heterocycles. The summed E-state index contributed by atoms with van der Waals surface area (Å²) in [4.78, 5) is 23.4. The highest BCUT2D eigenvalue weighted by atomic mass is 32.1. The fraction of sp³-hybridized carbons (Fsp3) is 0.571. The van der Waals surface area contributed by atoms with E-state index in [4.69, 9.17) is 4.84 Å². The largest absolute Gasteiger partial charge is 0.379 e. The van der Waals surface area contributed by atoms with E-state index >= 15 is 0 Å². The van der Waals surface area contributed by atoms with Gasteiger partial charge in [-0.15, -0.1) is 11.3 Å². The van der Waals surface area contributed by atoms with E-state index in [-0.39, 0.29) is 5.91 Å². The SMILES string of the molecule is CN1CCN(C(=O)[C@@]2(C)CC(c3cccs3)=NO2)CC1. The maximum absolute atomic E-state index is 12.7. The summed E-state index contributed by atoms with van der Waals surface area (Å²) in [6.45, 7) is 5.21. The quantitative estimate of drug-likeness (QED) is 0.828. The van der Waals surface area contributed by atoms with Crippen LogP contribution in [-0.2, 0) is 9.63 Å². The van der Waals surface area contributed by atoms with Crippen molar-refractivity contribution in [2.24, 2.45) is 5.16 Å². The Labute approximate surface area is 122 Å². The zero-order valence-electron chi connectivity index (χ0n) is 11.8. The minimum absolute atomic E-state index is 0.0564. The summed E-state index contributed by atoms with van der Waals surface area (Å²) in [5, 5.41) is 6.14. The third-order valence-corrected chi connectivity index (χ3v) is 4.83. The van der Waals surface area contributed by atoms with E-state index in [1.165, 1.54) is 0 Å². The zero-order valence-corrected chi connectivity index (χ0v) is 12.7. The number of carbonyl (C=O) groups excluding carboxylic acids is 1. The fourth-order valence-electron chi connectivity index (χ4n) is 2.57. The first-order valence-corrected chi connectivity index (χ1v) is 7.73. The minimum Gasteiger partial charge on any atom is -0.379 e. The lowest BCUT2D eigenvalue weighted by Gasteiger charge is -2.36. The number of carbonyl (C=O) groups is 1. The number of oxime groups is 1. The molecule has 1 fully saturated rings. The third-order valence-electron chi connectivity index (χ3n) is 3.91. The highest BCUT2D eigenvalue weighted by molar-refractivity contribution is 7.12. The van der Waals surface area contributed by atoms with E-state index in [0.717, 1.165) is 36.8 Å². The molecule has 0 radical (unpaired) electrons. The van der Waals surface area contributed by atoms with Gasteiger partial charge in [0.05, 0.1) is 4.88 Å². The Bertz CT molecular complexity index is 521. The second-order valence-corrected chi connectivity index (χ2v) is 6.56. The number of piperazine rings is 1. The topological polar surface area (TPSA) is 45.1 Å². The van der Waals surface area contributed by atoms with Gasteiger partial charge >= 0.3 is 0 Å². The Balaban J connectivity index is 1.67. The lowest BCUT2D eigenvalue weighted by atomic mass is 9.97. The van der Waals surface area contributed by atoms with Crippen molar-refractivity contribution in [2.45, 2.75) is 18.9 Å². The van der Waals surface area contributed by atoms with Gasteiger partial charge in [0.1, 0.15) is 5.71 Å². The average molecular weight is 293 g/mol. The second-order valence-electron chi connectivity index (χ2n) is 5.61. The summed E-state index contributed by atoms with van der Waals surface area (Å²) in [7, 11) is 2.08. The molecule has 0 unspecified atom stereocenters. The third kappa shape index (κ3) is 2.45. The van der Waals surface area contributed by atoms with Gasteiger partial charge in [-0.3, -0.25) is 4.79 Å². The van der Waals surface area contributed by atoms with Crippen LogP contribution in [-0.4, -0.2) is 60.2 Å². The molecular formula is C14H19N3O2S. The number of thiophene rings is 1. The highest BCUT2D eigenvalue weighted by Gasteiger charge is 2.45. The van der Waals surface area contributed by atoms with Gasteiger partial charge in [-0.05, 0) is 25.4 Å². The normalized spacial score (nSPS) is 27.3. The molecule has 6 heteroatoms. The summed E-state index contributed by atoms with van der Waals surface area (Å²) in [6.07, 6.45) is 0.554. The average Bonchev–Trinajstić information content (AvgIpc) is 3.08. The van der Waals surface area contributed by atoms with E-state index in [0.29, 0.717) is 6.42 Å². The predicted octanol–water partition coefficient (Wildman–Crippen LogP) is 1.41. The molecular weight excluding hydrogens is 274 g/mol. The van der Waals surface area contributed by atoms with Crippen LogP contribution in [0, 0.1) is 0 Å². The van der Waals surface area contributed by atoms with Gasteiger partial charge in [-0.25, -0.2) is 0 Å². The van der Waals surface area contributed by atoms with E-state index in [2.05, 4.69) is 17.1 Å². The lowest BCUT2D eigenvalue weighted by molar-refractivity contribution is -0.154. The Kier molecular flexibility index (Phi) is 3.52. The van der Waals surface area contributed by atoms with E-state index in [9.17, 15) is 4.79 Å². The van der Waals surface area contributed by atoms with Crippen molar-refractivity contribution >= 4 is 23.0 Å². The van der Waals surface area contributed by atoms with Crippen LogP contribution in [0.5, 0.6) is 0 Å². The van der Waals surface area contributed by atoms with Gasteiger partial charge in [0.25, 0.3) is 5.91 Å². The first kappa shape index (κ1) is 13.6. The number of amides is 1. The molecule has 3 rings (SSSR count). The molecule has 1 saturated heterocycles. The standard InChI is InChI=1S/C14H19N3O2S/c1-14(13(18)17-7-5-16(2)6-8-17)10-11(15-19-14)12-4-3-9-20-12/h3-4,9H,5-8,10H2,1-2H3/t14-/m1/s1. The van der Waals surface area contributed by atoms with Crippen LogP contribution in [0.4, 0.5) is 0 Å². The Hall–Kier alpha value is -1.40. The molecule has 0 N–H and O–H groups in total. The molecule has 0 bridgehead atoms. The lowest BCUT2D eigenvalue weighted by Crippen LogP contribution is -2.54. The van der Waals surface area contributed by atoms with Crippen molar-refractivity contribution in [3.63, 3.8) is 0 Å². The molecule has 1 atom stereocenters. The Morgan fingerprint density at radius 3 is 2.80 bits per heavy atom. The number of hydrogen-bond donors (Lipinski definition) is 0. The molecule has 0 spiro atoms. The second kappa shape index (κ2) is 5.18. The van der Waals surface area contributed by atoms with E-state index in [1.807, 2.05) is 29.3 Å². The molecule has 3 heterocycles. The van der Waals surface area contributed by atoms with Crippen LogP contribution in [0.3, 0.4) is 0 Å². The fourth-order valence-corrected chi connectivity index (χ4v) is 3.28. The number of nitrogens with zero attached hydrogens (tertiary/aromatic N) is 3. The molecule has 108 valence electrons. The first-order valence-electron chi connectivity index (χ1n) is 6.85. The maximum Gasteiger partial charge on any atom is 0.269 e. The van der Waals surface area contributed by atoms with E-state index in [1.54, 1.807) is 11.3 Å². The van der Waals surface area contributed by atoms with E-state index < -0.39 is 5.60 Å². The van der Waals surface area contributed by atoms with Crippen LogP contribution in [0.1, 0.15) is 18.2 Å². The van der Waals surface area contributed by atoms with Gasteiger partial charge in [-0.2, -0.15) is 0 Å². The van der Waals surface area contributed by atoms with Gasteiger partial charge in [0, 0.05) is 32.6 Å². The van der Waals surface area contributed by atoms with Crippen molar-refractivity contribution in [3.8, 4) is 0 Å². The van der Waals surface area contributed by atoms with Crippen LogP contribution < -0.4 is 0 Å². The molecule has 0 aromatic carbocycles. The molecule has 20 heavy (non-hydrogen) atoms. The smallest absolute Gasteiger partial charge is 0.269 e. The predicted molar refractivity (Wildman–Crippen MR) is 79.0 cm³/mol. The van der Waals surface area contributed by atoms with Crippen LogP contribution in [0.25, 0.3) is 0 Å². The molecule has 5 nitrogen and oxygen atoms in total. The first-order chi connectivity index (χ1) is 9.58. The molecule has 1 aromatic rings. The summed E-state index contributed by atoms with van der Waals surface area (Å²) in [5.41, 5.74) is 0.0415. The van der Waals surface area contributed by atoms with Crippen LogP contribution >= 0.6 is 11.3 Å². The molecule has 2 aliphatic heterocycles. The van der Waals surface area contributed by atoms with Crippen LogP contribution in [0.15, 0.2) is 22.7 Å². The highest BCUT2D eigenvalue weighted by Crippen LogP contribution is 2.30.